The maximum Gasteiger partial charge on any atom is 0.337 e. The number of allylic oxidation sites excluding steroid dienone is 1. The van der Waals surface area contributed by atoms with Crippen LogP contribution in [0.1, 0.15) is 35.8 Å². The Bertz CT molecular complexity index is 870. The van der Waals surface area contributed by atoms with Crippen molar-refractivity contribution in [3.05, 3.63) is 57.7 Å². The minimum Gasteiger partial charge on any atom is -0.466 e. The van der Waals surface area contributed by atoms with Crippen molar-refractivity contribution in [3.63, 3.8) is 0 Å². The molecule has 0 amide bonds. The number of ether oxygens (including phenoxy) is 2. The summed E-state index contributed by atoms with van der Waals surface area (Å²) in [4.78, 5) is 24.8. The first kappa shape index (κ1) is 16.8. The molecule has 1 atom stereocenters. The number of hydrogen-bond acceptors (Lipinski definition) is 5. The number of carbonyl (C=O) groups excluding carboxylic acids is 2. The summed E-state index contributed by atoms with van der Waals surface area (Å²) in [7, 11) is 1.19. The zero-order chi connectivity index (χ0) is 18.4. The smallest absolute Gasteiger partial charge is 0.337 e. The van der Waals surface area contributed by atoms with Crippen molar-refractivity contribution in [2.24, 2.45) is 0 Å². The SMILES string of the molecule is COC(=O)C1=C(CF)NC2=C(C(=O)OC2)[C@H]1c1cccc(F)c1C1CC1. The number of rotatable bonds is 4. The van der Waals surface area contributed by atoms with E-state index in [1.165, 1.54) is 19.2 Å². The molecule has 1 fully saturated rings. The van der Waals surface area contributed by atoms with Gasteiger partial charge in [0.1, 0.15) is 19.1 Å². The van der Waals surface area contributed by atoms with Crippen LogP contribution < -0.4 is 5.32 Å². The lowest BCUT2D eigenvalue weighted by atomic mass is 9.78. The zero-order valence-electron chi connectivity index (χ0n) is 14.1. The number of alkyl halides is 1. The second kappa shape index (κ2) is 6.23. The van der Waals surface area contributed by atoms with E-state index in [1.54, 1.807) is 6.07 Å². The quantitative estimate of drug-likeness (QED) is 0.835. The minimum atomic E-state index is -0.944. The first-order chi connectivity index (χ1) is 12.6. The molecule has 5 nitrogen and oxygen atoms in total. The van der Waals surface area contributed by atoms with Crippen LogP contribution in [0.25, 0.3) is 0 Å². The van der Waals surface area contributed by atoms with E-state index < -0.39 is 24.5 Å². The third-order valence-electron chi connectivity index (χ3n) is 5.02. The van der Waals surface area contributed by atoms with Crippen LogP contribution in [-0.4, -0.2) is 32.3 Å². The summed E-state index contributed by atoms with van der Waals surface area (Å²) in [6, 6.07) is 4.57. The van der Waals surface area contributed by atoms with E-state index in [0.717, 1.165) is 12.8 Å². The summed E-state index contributed by atoms with van der Waals surface area (Å²) >= 11 is 0. The highest BCUT2D eigenvalue weighted by Gasteiger charge is 2.45. The molecule has 2 aliphatic heterocycles. The largest absolute Gasteiger partial charge is 0.466 e. The Hall–Kier alpha value is -2.70. The number of cyclic esters (lactones) is 1. The molecule has 1 aromatic rings. The number of methoxy groups -OCH3 is 1. The lowest BCUT2D eigenvalue weighted by Gasteiger charge is -2.29. The van der Waals surface area contributed by atoms with Crippen molar-refractivity contribution < 1.29 is 27.8 Å². The van der Waals surface area contributed by atoms with E-state index >= 15 is 0 Å². The van der Waals surface area contributed by atoms with Gasteiger partial charge in [-0.2, -0.15) is 0 Å². The van der Waals surface area contributed by atoms with Gasteiger partial charge in [0.05, 0.1) is 35.6 Å². The topological polar surface area (TPSA) is 64.6 Å². The molecule has 26 heavy (non-hydrogen) atoms. The van der Waals surface area contributed by atoms with E-state index in [4.69, 9.17) is 9.47 Å². The molecule has 0 unspecified atom stereocenters. The summed E-state index contributed by atoms with van der Waals surface area (Å²) in [6.07, 6.45) is 1.67. The van der Waals surface area contributed by atoms with Crippen LogP contribution >= 0.6 is 0 Å². The van der Waals surface area contributed by atoms with Crippen LogP contribution in [0.3, 0.4) is 0 Å². The lowest BCUT2D eigenvalue weighted by molar-refractivity contribution is -0.136. The molecule has 4 rings (SSSR count). The summed E-state index contributed by atoms with van der Waals surface area (Å²) in [6.45, 7) is -0.976. The van der Waals surface area contributed by atoms with Crippen LogP contribution in [0.15, 0.2) is 40.7 Å². The van der Waals surface area contributed by atoms with Gasteiger partial charge in [0, 0.05) is 0 Å². The van der Waals surface area contributed by atoms with Gasteiger partial charge >= 0.3 is 11.9 Å². The molecule has 0 aromatic heterocycles. The number of halogens is 2. The molecule has 1 N–H and O–H groups in total. The summed E-state index contributed by atoms with van der Waals surface area (Å²) in [5, 5.41) is 2.78. The fraction of sp³-hybridized carbons (Fsp3) is 0.368. The van der Waals surface area contributed by atoms with E-state index in [2.05, 4.69) is 5.32 Å². The number of esters is 2. The highest BCUT2D eigenvalue weighted by atomic mass is 19.1. The Morgan fingerprint density at radius 2 is 2.15 bits per heavy atom. The molecule has 136 valence electrons. The summed E-state index contributed by atoms with van der Waals surface area (Å²) in [5.41, 5.74) is 1.60. The van der Waals surface area contributed by atoms with Crippen molar-refractivity contribution in [1.82, 2.24) is 5.32 Å². The Morgan fingerprint density at radius 3 is 2.81 bits per heavy atom. The van der Waals surface area contributed by atoms with Gasteiger partial charge in [-0.25, -0.2) is 18.4 Å². The van der Waals surface area contributed by atoms with Crippen LogP contribution in [0.4, 0.5) is 8.78 Å². The maximum absolute atomic E-state index is 14.6. The number of nitrogens with one attached hydrogen (secondary N) is 1. The molecular formula is C19H17F2NO4. The molecule has 0 spiro atoms. The van der Waals surface area contributed by atoms with Crippen LogP contribution in [0, 0.1) is 5.82 Å². The summed E-state index contributed by atoms with van der Waals surface area (Å²) in [5.74, 6) is -2.61. The maximum atomic E-state index is 14.6. The predicted molar refractivity (Wildman–Crippen MR) is 87.3 cm³/mol. The van der Waals surface area contributed by atoms with Crippen LogP contribution in [0.5, 0.6) is 0 Å². The molecular weight excluding hydrogens is 344 g/mol. The van der Waals surface area contributed by atoms with Crippen molar-refractivity contribution >= 4 is 11.9 Å². The van der Waals surface area contributed by atoms with Gasteiger partial charge in [-0.3, -0.25) is 0 Å². The first-order valence-corrected chi connectivity index (χ1v) is 8.39. The van der Waals surface area contributed by atoms with Gasteiger partial charge in [-0.05, 0) is 36.0 Å². The van der Waals surface area contributed by atoms with Crippen molar-refractivity contribution in [2.45, 2.75) is 24.7 Å². The molecule has 3 aliphatic rings. The van der Waals surface area contributed by atoms with Gasteiger partial charge in [0.15, 0.2) is 0 Å². The normalized spacial score (nSPS) is 22.1. The Morgan fingerprint density at radius 1 is 1.38 bits per heavy atom. The highest BCUT2D eigenvalue weighted by Crippen LogP contribution is 2.49. The Labute approximate surface area is 148 Å². The second-order valence-corrected chi connectivity index (χ2v) is 6.56. The second-order valence-electron chi connectivity index (χ2n) is 6.56. The molecule has 0 radical (unpaired) electrons. The molecule has 1 saturated carbocycles. The van der Waals surface area contributed by atoms with E-state index in [-0.39, 0.29) is 35.2 Å². The molecule has 0 bridgehead atoms. The Kier molecular flexibility index (Phi) is 4.01. The molecule has 2 heterocycles. The van der Waals surface area contributed by atoms with Crippen molar-refractivity contribution in [2.75, 3.05) is 20.4 Å². The van der Waals surface area contributed by atoms with Crippen molar-refractivity contribution in [3.8, 4) is 0 Å². The molecule has 0 saturated heterocycles. The van der Waals surface area contributed by atoms with Gasteiger partial charge in [-0.1, -0.05) is 12.1 Å². The average Bonchev–Trinajstić information content (AvgIpc) is 3.42. The fourth-order valence-electron chi connectivity index (χ4n) is 3.76. The number of benzene rings is 1. The molecule has 7 heteroatoms. The molecule has 1 aromatic carbocycles. The number of carbonyl (C=O) groups is 2. The number of dihydropyridines is 1. The van der Waals surface area contributed by atoms with Crippen LogP contribution in [0.2, 0.25) is 0 Å². The summed E-state index contributed by atoms with van der Waals surface area (Å²) < 4.78 is 38.2. The van der Waals surface area contributed by atoms with Gasteiger partial charge in [0.2, 0.25) is 0 Å². The fourth-order valence-corrected chi connectivity index (χ4v) is 3.76. The standard InChI is InChI=1S/C19H17F2NO4/c1-25-18(23)16-12(7-20)22-13-8-26-19(24)17(13)15(16)10-3-2-4-11(21)14(10)9-5-6-9/h2-4,9,15,22H,5-8H2,1H3/t15-/m0/s1. The lowest BCUT2D eigenvalue weighted by Crippen LogP contribution is -2.32. The van der Waals surface area contributed by atoms with Crippen molar-refractivity contribution in [1.29, 1.82) is 0 Å². The third-order valence-corrected chi connectivity index (χ3v) is 5.02. The monoisotopic (exact) mass is 361 g/mol. The van der Waals surface area contributed by atoms with E-state index in [1.807, 2.05) is 0 Å². The number of hydrogen-bond donors (Lipinski definition) is 1. The molecule has 1 aliphatic carbocycles. The minimum absolute atomic E-state index is 0.0138. The zero-order valence-corrected chi connectivity index (χ0v) is 14.1. The highest BCUT2D eigenvalue weighted by molar-refractivity contribution is 6.01. The van der Waals surface area contributed by atoms with E-state index in [9.17, 15) is 18.4 Å². The van der Waals surface area contributed by atoms with Gasteiger partial charge < -0.3 is 14.8 Å². The first-order valence-electron chi connectivity index (χ1n) is 8.39. The third kappa shape index (κ3) is 2.50. The predicted octanol–water partition coefficient (Wildman–Crippen LogP) is 2.60. The Balaban J connectivity index is 1.96. The van der Waals surface area contributed by atoms with Gasteiger partial charge in [0.25, 0.3) is 0 Å². The van der Waals surface area contributed by atoms with Gasteiger partial charge in [-0.15, -0.1) is 0 Å². The average molecular weight is 361 g/mol. The van der Waals surface area contributed by atoms with Crippen LogP contribution in [-0.2, 0) is 19.1 Å². The van der Waals surface area contributed by atoms with E-state index in [0.29, 0.717) is 16.8 Å².